The van der Waals surface area contributed by atoms with Gasteiger partial charge in [0.15, 0.2) is 9.84 Å². The van der Waals surface area contributed by atoms with Crippen LogP contribution in [-0.2, 0) is 21.1 Å². The van der Waals surface area contributed by atoms with Crippen molar-refractivity contribution in [3.63, 3.8) is 0 Å². The Morgan fingerprint density at radius 1 is 1.10 bits per heavy atom. The maximum absolute atomic E-state index is 13.2. The zero-order chi connectivity index (χ0) is 20.9. The summed E-state index contributed by atoms with van der Waals surface area (Å²) in [6, 6.07) is 15.3. The molecule has 0 aliphatic rings. The second-order valence-electron chi connectivity index (χ2n) is 6.33. The second kappa shape index (κ2) is 9.19. The van der Waals surface area contributed by atoms with Crippen LogP contribution in [0, 0.1) is 5.82 Å². The van der Waals surface area contributed by atoms with Crippen molar-refractivity contribution in [1.82, 2.24) is 5.32 Å². The number of sulfone groups is 1. The molecule has 29 heavy (non-hydrogen) atoms. The molecule has 1 heterocycles. The Hall–Kier alpha value is -2.71. The van der Waals surface area contributed by atoms with Gasteiger partial charge in [0.25, 0.3) is 0 Å². The normalized spacial score (nSPS) is 12.3. The van der Waals surface area contributed by atoms with Gasteiger partial charge in [0, 0.05) is 11.4 Å². The molecule has 0 fully saturated rings. The third-order valence-corrected chi connectivity index (χ3v) is 7.62. The third kappa shape index (κ3) is 5.21. The van der Waals surface area contributed by atoms with Crippen molar-refractivity contribution in [3.8, 4) is 5.75 Å². The minimum Gasteiger partial charge on any atom is -0.497 e. The van der Waals surface area contributed by atoms with Crippen LogP contribution in [0.5, 0.6) is 5.75 Å². The summed E-state index contributed by atoms with van der Waals surface area (Å²) in [7, 11) is -2.24. The number of hydrogen-bond acceptors (Lipinski definition) is 5. The maximum atomic E-state index is 13.2. The Labute approximate surface area is 173 Å². The van der Waals surface area contributed by atoms with Crippen molar-refractivity contribution in [2.24, 2.45) is 0 Å². The average Bonchev–Trinajstić information content (AvgIpc) is 3.23. The van der Waals surface area contributed by atoms with E-state index in [0.29, 0.717) is 10.6 Å². The van der Waals surface area contributed by atoms with Crippen LogP contribution >= 0.6 is 11.3 Å². The number of thiophene rings is 1. The second-order valence-corrected chi connectivity index (χ2v) is 9.44. The predicted molar refractivity (Wildman–Crippen MR) is 110 cm³/mol. The molecule has 0 spiro atoms. The van der Waals surface area contributed by atoms with Crippen LogP contribution in [0.25, 0.3) is 0 Å². The van der Waals surface area contributed by atoms with E-state index in [1.165, 1.54) is 23.5 Å². The lowest BCUT2D eigenvalue weighted by atomic mass is 10.1. The highest BCUT2D eigenvalue weighted by atomic mass is 32.2. The lowest BCUT2D eigenvalue weighted by molar-refractivity contribution is -0.120. The van der Waals surface area contributed by atoms with Crippen LogP contribution in [0.1, 0.15) is 15.7 Å². The van der Waals surface area contributed by atoms with Gasteiger partial charge in [-0.25, -0.2) is 12.8 Å². The van der Waals surface area contributed by atoms with Crippen LogP contribution in [-0.4, -0.2) is 28.0 Å². The zero-order valence-corrected chi connectivity index (χ0v) is 17.3. The van der Waals surface area contributed by atoms with E-state index in [9.17, 15) is 17.6 Å². The van der Waals surface area contributed by atoms with Crippen LogP contribution in [0.2, 0.25) is 0 Å². The zero-order valence-electron chi connectivity index (χ0n) is 15.7. The molecule has 0 unspecified atom stereocenters. The quantitative estimate of drug-likeness (QED) is 0.549. The van der Waals surface area contributed by atoms with Gasteiger partial charge in [-0.05, 0) is 53.4 Å². The highest BCUT2D eigenvalue weighted by Gasteiger charge is 2.30. The van der Waals surface area contributed by atoms with Crippen molar-refractivity contribution >= 4 is 27.1 Å². The van der Waals surface area contributed by atoms with Gasteiger partial charge >= 0.3 is 0 Å². The lowest BCUT2D eigenvalue weighted by Gasteiger charge is -2.17. The van der Waals surface area contributed by atoms with Crippen LogP contribution in [0.4, 0.5) is 4.39 Å². The van der Waals surface area contributed by atoms with E-state index in [4.69, 9.17) is 4.74 Å². The number of methoxy groups -OCH3 is 1. The van der Waals surface area contributed by atoms with E-state index < -0.39 is 20.9 Å². The van der Waals surface area contributed by atoms with Crippen molar-refractivity contribution in [3.05, 3.63) is 82.3 Å². The number of carbonyl (C=O) groups excluding carboxylic acids is 1. The molecule has 0 saturated heterocycles. The van der Waals surface area contributed by atoms with E-state index in [1.54, 1.807) is 48.9 Å². The van der Waals surface area contributed by atoms with Gasteiger partial charge in [0.05, 0.1) is 18.4 Å². The predicted octanol–water partition coefficient (Wildman–Crippen LogP) is 3.77. The molecule has 1 atom stereocenters. The van der Waals surface area contributed by atoms with Crippen molar-refractivity contribution in [2.75, 3.05) is 13.7 Å². The van der Waals surface area contributed by atoms with Gasteiger partial charge in [-0.3, -0.25) is 4.79 Å². The summed E-state index contributed by atoms with van der Waals surface area (Å²) >= 11 is 1.30. The molecule has 0 aliphatic carbocycles. The van der Waals surface area contributed by atoms with Gasteiger partial charge in [0.1, 0.15) is 16.8 Å². The van der Waals surface area contributed by atoms with Crippen LogP contribution in [0.15, 0.2) is 70.9 Å². The molecule has 8 heteroatoms. The molecule has 2 aromatic carbocycles. The van der Waals surface area contributed by atoms with E-state index in [2.05, 4.69) is 5.32 Å². The number of ether oxygens (including phenoxy) is 1. The number of hydrogen-bond donors (Lipinski definition) is 1. The molecule has 1 aromatic heterocycles. The highest BCUT2D eigenvalue weighted by Crippen LogP contribution is 2.31. The minimum absolute atomic E-state index is 0.0155. The number of benzene rings is 2. The summed E-state index contributed by atoms with van der Waals surface area (Å²) in [5.74, 6) is -0.104. The molecule has 0 aliphatic heterocycles. The summed E-state index contributed by atoms with van der Waals surface area (Å²) in [5, 5.41) is 3.55. The Morgan fingerprint density at radius 3 is 2.38 bits per heavy atom. The fourth-order valence-electron chi connectivity index (χ4n) is 2.82. The van der Waals surface area contributed by atoms with E-state index >= 15 is 0 Å². The van der Waals surface area contributed by atoms with Crippen LogP contribution < -0.4 is 10.1 Å². The van der Waals surface area contributed by atoms with Crippen molar-refractivity contribution in [2.45, 2.75) is 16.6 Å². The number of carbonyl (C=O) groups is 1. The topological polar surface area (TPSA) is 72.5 Å². The van der Waals surface area contributed by atoms with Crippen LogP contribution in [0.3, 0.4) is 0 Å². The van der Waals surface area contributed by atoms with Crippen molar-refractivity contribution in [1.29, 1.82) is 0 Å². The molecule has 3 aromatic rings. The first kappa shape index (κ1) is 21.0. The standard InChI is InChI=1S/C21H20FNO4S2/c1-27-17-8-4-15(5-9-17)13-21(24)23-14-20(19-3-2-12-28-19)29(25,26)18-10-6-16(22)7-11-18/h2-12,20H,13-14H2,1H3,(H,23,24)/t20-/m0/s1. The third-order valence-electron chi connectivity index (χ3n) is 4.39. The fourth-order valence-corrected chi connectivity index (χ4v) is 5.61. The van der Waals surface area contributed by atoms with Gasteiger partial charge in [-0.1, -0.05) is 18.2 Å². The largest absolute Gasteiger partial charge is 0.497 e. The summed E-state index contributed by atoms with van der Waals surface area (Å²) in [4.78, 5) is 13.0. The summed E-state index contributed by atoms with van der Waals surface area (Å²) in [6.07, 6.45) is 0.123. The lowest BCUT2D eigenvalue weighted by Crippen LogP contribution is -2.32. The first-order chi connectivity index (χ1) is 13.9. The Kier molecular flexibility index (Phi) is 6.66. The summed E-state index contributed by atoms with van der Waals surface area (Å²) in [5.41, 5.74) is 0.789. The first-order valence-corrected chi connectivity index (χ1v) is 11.3. The van der Waals surface area contributed by atoms with Gasteiger partial charge < -0.3 is 10.1 Å². The molecule has 5 nitrogen and oxygen atoms in total. The Morgan fingerprint density at radius 2 is 1.79 bits per heavy atom. The fraction of sp³-hybridized carbons (Fsp3) is 0.190. The van der Waals surface area contributed by atoms with E-state index in [0.717, 1.165) is 17.7 Å². The number of rotatable bonds is 8. The SMILES string of the molecule is COc1ccc(CC(=O)NC[C@@H](c2cccs2)S(=O)(=O)c2ccc(F)cc2)cc1. The monoisotopic (exact) mass is 433 g/mol. The number of amides is 1. The average molecular weight is 434 g/mol. The molecule has 1 N–H and O–H groups in total. The van der Waals surface area contributed by atoms with E-state index in [1.807, 2.05) is 0 Å². The number of nitrogens with one attached hydrogen (secondary N) is 1. The molecule has 0 saturated carbocycles. The van der Waals surface area contributed by atoms with Crippen molar-refractivity contribution < 1.29 is 22.3 Å². The molecular weight excluding hydrogens is 413 g/mol. The van der Waals surface area contributed by atoms with Gasteiger partial charge in [0.2, 0.25) is 5.91 Å². The molecule has 1 amide bonds. The van der Waals surface area contributed by atoms with Gasteiger partial charge in [-0.2, -0.15) is 0 Å². The molecular formula is C21H20FNO4S2. The molecule has 3 rings (SSSR count). The summed E-state index contributed by atoms with van der Waals surface area (Å²) < 4.78 is 44.5. The highest BCUT2D eigenvalue weighted by molar-refractivity contribution is 7.91. The molecule has 0 radical (unpaired) electrons. The van der Waals surface area contributed by atoms with Gasteiger partial charge in [-0.15, -0.1) is 11.3 Å². The number of halogens is 1. The minimum atomic E-state index is -3.81. The Bertz CT molecular complexity index is 1050. The summed E-state index contributed by atoms with van der Waals surface area (Å²) in [6.45, 7) is -0.0742. The Balaban J connectivity index is 1.74. The van der Waals surface area contributed by atoms with E-state index in [-0.39, 0.29) is 23.8 Å². The maximum Gasteiger partial charge on any atom is 0.224 e. The molecule has 0 bridgehead atoms. The smallest absolute Gasteiger partial charge is 0.224 e. The molecule has 152 valence electrons. The first-order valence-electron chi connectivity index (χ1n) is 8.82.